The lowest BCUT2D eigenvalue weighted by molar-refractivity contribution is 0.226. The second-order valence-corrected chi connectivity index (χ2v) is 8.43. The molecule has 0 saturated carbocycles. The van der Waals surface area contributed by atoms with Crippen molar-refractivity contribution < 1.29 is 9.52 Å². The summed E-state index contributed by atoms with van der Waals surface area (Å²) in [6.07, 6.45) is 2.42. The molecule has 3 heterocycles. The van der Waals surface area contributed by atoms with Gasteiger partial charge in [0.1, 0.15) is 11.8 Å². The van der Waals surface area contributed by atoms with E-state index in [-0.39, 0.29) is 18.7 Å². The van der Waals surface area contributed by atoms with Crippen LogP contribution < -0.4 is 5.32 Å². The highest BCUT2D eigenvalue weighted by molar-refractivity contribution is 7.99. The number of nitrogens with zero attached hydrogens (tertiary/aromatic N) is 2. The van der Waals surface area contributed by atoms with Crippen molar-refractivity contribution >= 4 is 29.1 Å². The van der Waals surface area contributed by atoms with Crippen LogP contribution in [0.3, 0.4) is 0 Å². The molecule has 150 valence electrons. The Balaban J connectivity index is 1.62. The Morgan fingerprint density at radius 2 is 2.00 bits per heavy atom. The molecular weight excluding hydrogens is 402 g/mol. The van der Waals surface area contributed by atoms with E-state index in [4.69, 9.17) is 16.6 Å². The maximum atomic E-state index is 9.31. The minimum atomic E-state index is -0.115. The fourth-order valence-corrected chi connectivity index (χ4v) is 4.58. The Kier molecular flexibility index (Phi) is 6.18. The highest BCUT2D eigenvalue weighted by Gasteiger charge is 2.41. The van der Waals surface area contributed by atoms with Crippen LogP contribution in [-0.4, -0.2) is 33.3 Å². The number of nitrogens with one attached hydrogen (secondary N) is 1. The number of benzene rings is 1. The Morgan fingerprint density at radius 3 is 2.72 bits per heavy atom. The second kappa shape index (κ2) is 8.98. The molecular formula is C22H23N3O2S2. The van der Waals surface area contributed by atoms with Gasteiger partial charge in [-0.05, 0) is 62.0 Å². The molecule has 0 amide bonds. The van der Waals surface area contributed by atoms with Gasteiger partial charge in [0.2, 0.25) is 0 Å². The third kappa shape index (κ3) is 4.47. The molecule has 3 aromatic rings. The van der Waals surface area contributed by atoms with Crippen LogP contribution >= 0.6 is 24.0 Å². The predicted octanol–water partition coefficient (Wildman–Crippen LogP) is 4.49. The van der Waals surface area contributed by atoms with E-state index in [2.05, 4.69) is 46.4 Å². The number of rotatable bonds is 7. The number of furan rings is 1. The molecule has 0 aliphatic carbocycles. The highest BCUT2D eigenvalue weighted by Crippen LogP contribution is 2.41. The van der Waals surface area contributed by atoms with Crippen molar-refractivity contribution in [3.63, 3.8) is 0 Å². The van der Waals surface area contributed by atoms with E-state index in [0.29, 0.717) is 18.1 Å². The first-order valence-corrected chi connectivity index (χ1v) is 10.8. The molecule has 2 N–H and O–H groups in total. The average molecular weight is 426 g/mol. The number of hydrogen-bond acceptors (Lipinski definition) is 5. The molecule has 1 saturated heterocycles. The van der Waals surface area contributed by atoms with Crippen molar-refractivity contribution in [3.05, 3.63) is 77.8 Å². The second-order valence-electron chi connectivity index (χ2n) is 6.97. The summed E-state index contributed by atoms with van der Waals surface area (Å²) in [7, 11) is 0. The van der Waals surface area contributed by atoms with Crippen LogP contribution in [-0.2, 0) is 0 Å². The number of thiocarbonyl (C=S) groups is 1. The molecule has 1 aromatic carbocycles. The van der Waals surface area contributed by atoms with E-state index < -0.39 is 0 Å². The Morgan fingerprint density at radius 1 is 1.17 bits per heavy atom. The Bertz CT molecular complexity index is 960. The van der Waals surface area contributed by atoms with E-state index >= 15 is 0 Å². The molecule has 1 aliphatic heterocycles. The molecule has 29 heavy (non-hydrogen) atoms. The summed E-state index contributed by atoms with van der Waals surface area (Å²) in [5, 5.41) is 14.2. The molecule has 0 spiro atoms. The first kappa shape index (κ1) is 19.9. The fourth-order valence-electron chi connectivity index (χ4n) is 3.47. The van der Waals surface area contributed by atoms with Crippen molar-refractivity contribution in [2.45, 2.75) is 35.4 Å². The zero-order valence-electron chi connectivity index (χ0n) is 16.1. The largest absolute Gasteiger partial charge is 0.452 e. The summed E-state index contributed by atoms with van der Waals surface area (Å²) in [6.45, 7) is 2.85. The van der Waals surface area contributed by atoms with E-state index in [9.17, 15) is 5.11 Å². The van der Waals surface area contributed by atoms with Gasteiger partial charge < -0.3 is 19.7 Å². The van der Waals surface area contributed by atoms with Crippen molar-refractivity contribution in [1.29, 1.82) is 0 Å². The lowest BCUT2D eigenvalue weighted by atomic mass is 10.0. The summed E-state index contributed by atoms with van der Waals surface area (Å²) in [6, 6.07) is 18.0. The minimum Gasteiger partial charge on any atom is -0.452 e. The molecule has 0 bridgehead atoms. The van der Waals surface area contributed by atoms with Crippen LogP contribution in [0.15, 0.2) is 75.2 Å². The molecule has 1 aliphatic rings. The van der Waals surface area contributed by atoms with Crippen molar-refractivity contribution in [2.75, 3.05) is 13.2 Å². The monoisotopic (exact) mass is 425 g/mol. The van der Waals surface area contributed by atoms with E-state index in [0.717, 1.165) is 21.4 Å². The SMILES string of the molecule is Cc1ccc(Sc2ccc([C@@H]3[C@H](c4ccccn4)NC(=S)N3CCCO)o2)cc1. The zero-order chi connectivity index (χ0) is 20.2. The van der Waals surface area contributed by atoms with Crippen LogP contribution in [0.5, 0.6) is 0 Å². The lowest BCUT2D eigenvalue weighted by Crippen LogP contribution is -2.30. The average Bonchev–Trinajstić information content (AvgIpc) is 3.32. The summed E-state index contributed by atoms with van der Waals surface area (Å²) in [5.41, 5.74) is 2.15. The van der Waals surface area contributed by atoms with Crippen molar-refractivity contribution in [1.82, 2.24) is 15.2 Å². The molecule has 1 fully saturated rings. The normalized spacial score (nSPS) is 18.8. The van der Waals surface area contributed by atoms with E-state index in [1.165, 1.54) is 5.56 Å². The Labute approximate surface area is 180 Å². The summed E-state index contributed by atoms with van der Waals surface area (Å²) in [4.78, 5) is 7.74. The highest BCUT2D eigenvalue weighted by atomic mass is 32.2. The summed E-state index contributed by atoms with van der Waals surface area (Å²) < 4.78 is 6.24. The molecule has 4 rings (SSSR count). The van der Waals surface area contributed by atoms with Gasteiger partial charge in [-0.15, -0.1) is 0 Å². The minimum absolute atomic E-state index is 0.106. The van der Waals surface area contributed by atoms with Gasteiger partial charge in [-0.2, -0.15) is 0 Å². The smallest absolute Gasteiger partial charge is 0.170 e. The zero-order valence-corrected chi connectivity index (χ0v) is 17.7. The van der Waals surface area contributed by atoms with Gasteiger partial charge in [0.15, 0.2) is 10.2 Å². The number of aryl methyl sites for hydroxylation is 1. The first-order chi connectivity index (χ1) is 14.2. The topological polar surface area (TPSA) is 61.5 Å². The third-order valence-electron chi connectivity index (χ3n) is 4.89. The van der Waals surface area contributed by atoms with Crippen molar-refractivity contribution in [2.24, 2.45) is 0 Å². The number of aliphatic hydroxyl groups excluding tert-OH is 1. The van der Waals surface area contributed by atoms with Gasteiger partial charge in [-0.3, -0.25) is 4.98 Å². The number of aromatic nitrogens is 1. The van der Waals surface area contributed by atoms with Gasteiger partial charge in [-0.1, -0.05) is 35.5 Å². The summed E-state index contributed by atoms with van der Waals surface area (Å²) in [5.74, 6) is 0.834. The standard InChI is InChI=1S/C22H23N3O2S2/c1-15-6-8-16(9-7-15)29-19-11-10-18(27-19)21-20(17-5-2-3-12-23-17)24-22(28)25(21)13-4-14-26/h2-3,5-12,20-21,26H,4,13-14H2,1H3,(H,24,28)/t20-,21+/m0/s1. The van der Waals surface area contributed by atoms with Gasteiger partial charge in [-0.25, -0.2) is 0 Å². The van der Waals surface area contributed by atoms with Crippen LogP contribution in [0.4, 0.5) is 0 Å². The molecule has 7 heteroatoms. The number of aliphatic hydroxyl groups is 1. The van der Waals surface area contributed by atoms with Gasteiger partial charge in [0.25, 0.3) is 0 Å². The van der Waals surface area contributed by atoms with Crippen LogP contribution in [0.2, 0.25) is 0 Å². The first-order valence-electron chi connectivity index (χ1n) is 9.59. The number of pyridine rings is 1. The van der Waals surface area contributed by atoms with Crippen LogP contribution in [0, 0.1) is 6.92 Å². The maximum absolute atomic E-state index is 9.31. The number of hydrogen-bond donors (Lipinski definition) is 2. The van der Waals surface area contributed by atoms with Gasteiger partial charge >= 0.3 is 0 Å². The predicted molar refractivity (Wildman–Crippen MR) is 118 cm³/mol. The molecule has 2 atom stereocenters. The summed E-state index contributed by atoms with van der Waals surface area (Å²) >= 11 is 7.19. The lowest BCUT2D eigenvalue weighted by Gasteiger charge is -2.25. The van der Waals surface area contributed by atoms with E-state index in [1.54, 1.807) is 18.0 Å². The van der Waals surface area contributed by atoms with E-state index in [1.807, 2.05) is 30.3 Å². The fraction of sp³-hybridized carbons (Fsp3) is 0.273. The third-order valence-corrected chi connectivity index (χ3v) is 6.17. The van der Waals surface area contributed by atoms with Crippen LogP contribution in [0.1, 0.15) is 35.5 Å². The quantitative estimate of drug-likeness (QED) is 0.541. The maximum Gasteiger partial charge on any atom is 0.170 e. The Hall–Kier alpha value is -2.35. The van der Waals surface area contributed by atoms with Crippen LogP contribution in [0.25, 0.3) is 0 Å². The molecule has 0 radical (unpaired) electrons. The molecule has 0 unspecified atom stereocenters. The van der Waals surface area contributed by atoms with Gasteiger partial charge in [0.05, 0.1) is 11.7 Å². The molecule has 2 aromatic heterocycles. The van der Waals surface area contributed by atoms with Gasteiger partial charge in [0, 0.05) is 24.2 Å². The van der Waals surface area contributed by atoms with Crippen molar-refractivity contribution in [3.8, 4) is 0 Å². The molecule has 5 nitrogen and oxygen atoms in total.